The molecule has 3 heteroatoms. The Hall–Kier alpha value is -1.35. The van der Waals surface area contributed by atoms with Gasteiger partial charge in [-0.15, -0.1) is 0 Å². The van der Waals surface area contributed by atoms with Crippen LogP contribution in [-0.4, -0.2) is 35.5 Å². The average Bonchev–Trinajstić information content (AvgIpc) is 2.53. The van der Waals surface area contributed by atoms with Gasteiger partial charge in [0.15, 0.2) is 0 Å². The number of fused-ring (bicyclic) bond motifs is 2. The Bertz CT molecular complexity index is 473. The van der Waals surface area contributed by atoms with Crippen molar-refractivity contribution in [2.75, 3.05) is 6.54 Å². The molecule has 120 valence electrons. The summed E-state index contributed by atoms with van der Waals surface area (Å²) in [5.74, 6) is 0.0886. The lowest BCUT2D eigenvalue weighted by atomic mass is 9.81. The normalized spacial score (nSPS) is 28.3. The summed E-state index contributed by atoms with van der Waals surface area (Å²) in [7, 11) is 0. The van der Waals surface area contributed by atoms with Crippen LogP contribution in [0.15, 0.2) is 30.3 Å². The van der Waals surface area contributed by atoms with E-state index in [-0.39, 0.29) is 5.91 Å². The van der Waals surface area contributed by atoms with Crippen LogP contribution in [0.3, 0.4) is 0 Å². The fourth-order valence-electron chi connectivity index (χ4n) is 4.16. The van der Waals surface area contributed by atoms with Gasteiger partial charge in [0.1, 0.15) is 0 Å². The van der Waals surface area contributed by atoms with E-state index < -0.39 is 0 Å². The lowest BCUT2D eigenvalue weighted by Crippen LogP contribution is -2.57. The molecule has 0 aliphatic carbocycles. The number of nitrogens with zero attached hydrogens (tertiary/aromatic N) is 1. The first-order chi connectivity index (χ1) is 10.8. The van der Waals surface area contributed by atoms with Gasteiger partial charge in [-0.25, -0.2) is 0 Å². The van der Waals surface area contributed by atoms with E-state index >= 15 is 0 Å². The molecule has 1 N–H and O–H groups in total. The van der Waals surface area contributed by atoms with E-state index in [2.05, 4.69) is 17.1 Å². The van der Waals surface area contributed by atoms with Crippen molar-refractivity contribution in [1.29, 1.82) is 0 Å². The molecule has 2 saturated heterocycles. The van der Waals surface area contributed by atoms with Crippen molar-refractivity contribution < 1.29 is 4.79 Å². The van der Waals surface area contributed by atoms with E-state index in [1.165, 1.54) is 38.6 Å². The van der Waals surface area contributed by atoms with Gasteiger partial charge in [0, 0.05) is 23.7 Å². The van der Waals surface area contributed by atoms with E-state index in [9.17, 15) is 4.79 Å². The number of amides is 1. The smallest absolute Gasteiger partial charge is 0.251 e. The molecule has 2 heterocycles. The van der Waals surface area contributed by atoms with Crippen molar-refractivity contribution in [3.05, 3.63) is 35.9 Å². The predicted molar refractivity (Wildman–Crippen MR) is 90.0 cm³/mol. The maximum atomic E-state index is 12.4. The molecule has 2 aliphatic heterocycles. The Labute approximate surface area is 134 Å². The predicted octanol–water partition coefficient (Wildman–Crippen LogP) is 3.60. The van der Waals surface area contributed by atoms with Crippen molar-refractivity contribution in [1.82, 2.24) is 10.2 Å². The van der Waals surface area contributed by atoms with E-state index in [4.69, 9.17) is 0 Å². The zero-order valence-electron chi connectivity index (χ0n) is 13.6. The van der Waals surface area contributed by atoms with Crippen molar-refractivity contribution in [3.63, 3.8) is 0 Å². The molecule has 0 aromatic heterocycles. The summed E-state index contributed by atoms with van der Waals surface area (Å²) in [4.78, 5) is 15.1. The van der Waals surface area contributed by atoms with E-state index in [1.54, 1.807) is 0 Å². The van der Waals surface area contributed by atoms with Crippen LogP contribution in [-0.2, 0) is 0 Å². The Morgan fingerprint density at radius 2 is 1.86 bits per heavy atom. The van der Waals surface area contributed by atoms with Crippen LogP contribution in [0.5, 0.6) is 0 Å². The second-order valence-corrected chi connectivity index (χ2v) is 6.84. The van der Waals surface area contributed by atoms with Gasteiger partial charge in [0.25, 0.3) is 5.91 Å². The second kappa shape index (κ2) is 7.28. The van der Waals surface area contributed by atoms with Gasteiger partial charge in [-0.3, -0.25) is 9.69 Å². The van der Waals surface area contributed by atoms with Gasteiger partial charge in [-0.1, -0.05) is 38.0 Å². The number of hydrogen-bond acceptors (Lipinski definition) is 2. The number of benzene rings is 1. The van der Waals surface area contributed by atoms with Crippen LogP contribution in [0, 0.1) is 0 Å². The summed E-state index contributed by atoms with van der Waals surface area (Å²) in [5, 5.41) is 3.27. The first-order valence-electron chi connectivity index (χ1n) is 8.89. The van der Waals surface area contributed by atoms with Crippen molar-refractivity contribution in [3.8, 4) is 0 Å². The van der Waals surface area contributed by atoms with E-state index in [1.807, 2.05) is 30.3 Å². The molecular weight excluding hydrogens is 272 g/mol. The van der Waals surface area contributed by atoms with Crippen molar-refractivity contribution in [2.45, 2.75) is 70.0 Å². The van der Waals surface area contributed by atoms with Gasteiger partial charge < -0.3 is 5.32 Å². The number of rotatable bonds is 5. The Balaban J connectivity index is 1.60. The monoisotopic (exact) mass is 300 g/mol. The van der Waals surface area contributed by atoms with Crippen LogP contribution >= 0.6 is 0 Å². The van der Waals surface area contributed by atoms with Crippen LogP contribution in [0.25, 0.3) is 0 Å². The molecule has 0 spiro atoms. The molecule has 2 atom stereocenters. The molecule has 2 fully saturated rings. The summed E-state index contributed by atoms with van der Waals surface area (Å²) >= 11 is 0. The third kappa shape index (κ3) is 3.52. The lowest BCUT2D eigenvalue weighted by Gasteiger charge is -2.49. The number of carbonyl (C=O) groups excluding carboxylic acids is 1. The zero-order valence-corrected chi connectivity index (χ0v) is 13.6. The number of carbonyl (C=O) groups is 1. The molecular formula is C19H28N2O. The fraction of sp³-hybridized carbons (Fsp3) is 0.632. The highest BCUT2D eigenvalue weighted by Crippen LogP contribution is 2.34. The first kappa shape index (κ1) is 15.5. The summed E-state index contributed by atoms with van der Waals surface area (Å²) in [6.07, 6.45) is 8.78. The number of hydrogen-bond donors (Lipinski definition) is 1. The Morgan fingerprint density at radius 3 is 2.50 bits per heavy atom. The van der Waals surface area contributed by atoms with Gasteiger partial charge in [0.2, 0.25) is 0 Å². The molecule has 22 heavy (non-hydrogen) atoms. The number of nitrogens with one attached hydrogen (secondary N) is 1. The van der Waals surface area contributed by atoms with Crippen molar-refractivity contribution >= 4 is 5.91 Å². The molecule has 1 amide bonds. The summed E-state index contributed by atoms with van der Waals surface area (Å²) < 4.78 is 0. The maximum absolute atomic E-state index is 12.4. The highest BCUT2D eigenvalue weighted by atomic mass is 16.1. The molecule has 2 unspecified atom stereocenters. The lowest BCUT2D eigenvalue weighted by molar-refractivity contribution is 0.0234. The van der Waals surface area contributed by atoms with Gasteiger partial charge in [-0.2, -0.15) is 0 Å². The van der Waals surface area contributed by atoms with Crippen LogP contribution in [0.4, 0.5) is 0 Å². The molecule has 2 aliphatic rings. The minimum absolute atomic E-state index is 0.0886. The molecule has 1 aromatic carbocycles. The van der Waals surface area contributed by atoms with E-state index in [0.717, 1.165) is 18.4 Å². The largest absolute Gasteiger partial charge is 0.349 e. The average molecular weight is 300 g/mol. The minimum Gasteiger partial charge on any atom is -0.349 e. The summed E-state index contributed by atoms with van der Waals surface area (Å²) in [6, 6.07) is 11.3. The summed E-state index contributed by atoms with van der Waals surface area (Å²) in [6.45, 7) is 3.51. The van der Waals surface area contributed by atoms with Crippen LogP contribution < -0.4 is 5.32 Å². The minimum atomic E-state index is 0.0886. The third-order valence-electron chi connectivity index (χ3n) is 5.27. The van der Waals surface area contributed by atoms with Gasteiger partial charge in [0.05, 0.1) is 0 Å². The molecule has 0 radical (unpaired) electrons. The fourth-order valence-corrected chi connectivity index (χ4v) is 4.16. The number of unbranched alkanes of at least 4 members (excludes halogenated alkanes) is 1. The van der Waals surface area contributed by atoms with Gasteiger partial charge in [-0.05, 0) is 50.8 Å². The van der Waals surface area contributed by atoms with E-state index in [0.29, 0.717) is 18.1 Å². The number of piperidine rings is 2. The molecule has 0 saturated carbocycles. The molecule has 2 bridgehead atoms. The first-order valence-corrected chi connectivity index (χ1v) is 8.89. The topological polar surface area (TPSA) is 32.3 Å². The van der Waals surface area contributed by atoms with Crippen molar-refractivity contribution in [2.24, 2.45) is 0 Å². The third-order valence-corrected chi connectivity index (χ3v) is 5.27. The summed E-state index contributed by atoms with van der Waals surface area (Å²) in [5.41, 5.74) is 0.779. The molecule has 3 nitrogen and oxygen atoms in total. The quantitative estimate of drug-likeness (QED) is 0.901. The van der Waals surface area contributed by atoms with Crippen LogP contribution in [0.1, 0.15) is 62.2 Å². The molecule has 1 aromatic rings. The Morgan fingerprint density at radius 1 is 1.18 bits per heavy atom. The van der Waals surface area contributed by atoms with Gasteiger partial charge >= 0.3 is 0 Å². The maximum Gasteiger partial charge on any atom is 0.251 e. The highest BCUT2D eigenvalue weighted by Gasteiger charge is 2.38. The second-order valence-electron chi connectivity index (χ2n) is 6.84. The van der Waals surface area contributed by atoms with Crippen LogP contribution in [0.2, 0.25) is 0 Å². The zero-order chi connectivity index (χ0) is 15.4. The highest BCUT2D eigenvalue weighted by molar-refractivity contribution is 5.94. The Kier molecular flexibility index (Phi) is 5.14. The SMILES string of the molecule is CCCCN1C2CCCC1CC(NC(=O)c1ccccc1)C2. The molecule has 3 rings (SSSR count). The standard InChI is InChI=1S/C19H28N2O/c1-2-3-12-21-17-10-7-11-18(21)14-16(13-17)20-19(22)15-8-5-4-6-9-15/h4-6,8-9,16-18H,2-3,7,10-14H2,1H3,(H,20,22).